The number of rotatable bonds is 6. The van der Waals surface area contributed by atoms with Crippen LogP contribution in [-0.2, 0) is 19.1 Å². The van der Waals surface area contributed by atoms with Crippen molar-refractivity contribution in [2.24, 2.45) is 0 Å². The van der Waals surface area contributed by atoms with E-state index in [0.29, 0.717) is 17.8 Å². The second-order valence-electron chi connectivity index (χ2n) is 6.75. The molecule has 0 radical (unpaired) electrons. The normalized spacial score (nSPS) is 12.9. The molecule has 3 rings (SSSR count). The number of nitrogens with zero attached hydrogens (tertiary/aromatic N) is 2. The molecule has 0 spiro atoms. The van der Waals surface area contributed by atoms with E-state index in [1.165, 1.54) is 25.2 Å². The van der Waals surface area contributed by atoms with Crippen molar-refractivity contribution in [2.75, 3.05) is 30.6 Å². The first-order chi connectivity index (χ1) is 15.5. The van der Waals surface area contributed by atoms with Gasteiger partial charge >= 0.3 is 11.9 Å². The van der Waals surface area contributed by atoms with Gasteiger partial charge in [0.05, 0.1) is 19.8 Å². The number of amides is 1. The molecule has 0 saturated heterocycles. The molecule has 2 aromatic rings. The van der Waals surface area contributed by atoms with Gasteiger partial charge in [-0.1, -0.05) is 30.3 Å². The van der Waals surface area contributed by atoms with Crippen LogP contribution in [-0.4, -0.2) is 38.6 Å². The number of hydrogen-bond donors (Lipinski definition) is 0. The van der Waals surface area contributed by atoms with Gasteiger partial charge in [0.15, 0.2) is 0 Å². The summed E-state index contributed by atoms with van der Waals surface area (Å²) in [6.45, 7) is 2.39. The number of ether oxygens (including phenoxy) is 2. The molecule has 32 heavy (non-hydrogen) atoms. The molecule has 164 valence electrons. The number of hydrogen-bond acceptors (Lipinski definition) is 6. The van der Waals surface area contributed by atoms with Crippen molar-refractivity contribution in [2.45, 2.75) is 6.92 Å². The lowest BCUT2D eigenvalue weighted by atomic mass is 10.1. The van der Waals surface area contributed by atoms with E-state index in [1.807, 2.05) is 37.3 Å². The number of esters is 2. The highest BCUT2D eigenvalue weighted by molar-refractivity contribution is 6.08. The maximum absolute atomic E-state index is 13.3. The minimum atomic E-state index is -0.710. The number of para-hydroxylation sites is 1. The van der Waals surface area contributed by atoms with E-state index in [1.54, 1.807) is 47.5 Å². The quantitative estimate of drug-likeness (QED) is 0.646. The summed E-state index contributed by atoms with van der Waals surface area (Å²) in [7, 11) is 2.47. The zero-order valence-electron chi connectivity index (χ0n) is 18.1. The highest BCUT2D eigenvalue weighted by atomic mass is 16.5. The average molecular weight is 432 g/mol. The van der Waals surface area contributed by atoms with Crippen LogP contribution in [0.25, 0.3) is 0 Å². The lowest BCUT2D eigenvalue weighted by Gasteiger charge is -2.25. The van der Waals surface area contributed by atoms with E-state index in [9.17, 15) is 14.4 Å². The first-order valence-corrected chi connectivity index (χ1v) is 10.0. The molecule has 0 aromatic heterocycles. The van der Waals surface area contributed by atoms with Crippen LogP contribution in [0.1, 0.15) is 17.3 Å². The fourth-order valence-corrected chi connectivity index (χ4v) is 3.36. The van der Waals surface area contributed by atoms with Gasteiger partial charge in [0.1, 0.15) is 5.70 Å². The summed E-state index contributed by atoms with van der Waals surface area (Å²) in [6, 6.07) is 16.2. The number of carbonyl (C=O) groups excluding carboxylic acids is 3. The first kappa shape index (κ1) is 22.6. The Hall–Kier alpha value is -4.13. The van der Waals surface area contributed by atoms with Crippen LogP contribution in [0, 0.1) is 0 Å². The van der Waals surface area contributed by atoms with Gasteiger partial charge in [-0.3, -0.25) is 4.79 Å². The Morgan fingerprint density at radius 2 is 1.62 bits per heavy atom. The number of benzene rings is 2. The second-order valence-corrected chi connectivity index (χ2v) is 6.75. The summed E-state index contributed by atoms with van der Waals surface area (Å²) in [5, 5.41) is 0. The number of allylic oxidation sites excluding steroid dienone is 2. The summed E-state index contributed by atoms with van der Waals surface area (Å²) >= 11 is 0. The monoisotopic (exact) mass is 432 g/mol. The molecular formula is C25H24N2O5. The fourth-order valence-electron chi connectivity index (χ4n) is 3.36. The van der Waals surface area contributed by atoms with Gasteiger partial charge in [-0.05, 0) is 49.4 Å². The molecule has 2 aromatic carbocycles. The molecule has 0 aliphatic carbocycles. The van der Waals surface area contributed by atoms with E-state index in [-0.39, 0.29) is 17.2 Å². The molecule has 0 N–H and O–H groups in total. The molecule has 0 fully saturated rings. The Labute approximate surface area is 186 Å². The van der Waals surface area contributed by atoms with Crippen LogP contribution in [0.4, 0.5) is 11.4 Å². The Balaban J connectivity index is 2.06. The zero-order chi connectivity index (χ0) is 23.1. The van der Waals surface area contributed by atoms with Crippen LogP contribution < -0.4 is 9.80 Å². The summed E-state index contributed by atoms with van der Waals surface area (Å²) in [5.41, 5.74) is 1.77. The number of anilines is 2. The largest absolute Gasteiger partial charge is 0.465 e. The Morgan fingerprint density at radius 1 is 0.906 bits per heavy atom. The Morgan fingerprint density at radius 3 is 2.28 bits per heavy atom. The van der Waals surface area contributed by atoms with Crippen molar-refractivity contribution < 1.29 is 23.9 Å². The summed E-state index contributed by atoms with van der Waals surface area (Å²) in [4.78, 5) is 41.4. The van der Waals surface area contributed by atoms with Crippen LogP contribution in [0.5, 0.6) is 0 Å². The standard InChI is InChI=1S/C25H24N2O5/c1-4-26(19-12-6-5-7-13-19)23(28)18-11-10-14-20(17-18)27-16-9-8-15-21(24(29)31-2)22(27)25(30)32-3/h5-17H,4H2,1-3H3. The van der Waals surface area contributed by atoms with Crippen molar-refractivity contribution >= 4 is 29.2 Å². The van der Waals surface area contributed by atoms with E-state index in [4.69, 9.17) is 9.47 Å². The van der Waals surface area contributed by atoms with E-state index in [0.717, 1.165) is 5.69 Å². The highest BCUT2D eigenvalue weighted by Gasteiger charge is 2.28. The Bertz CT molecular complexity index is 1100. The maximum atomic E-state index is 13.3. The fraction of sp³-hybridized carbons (Fsp3) is 0.160. The van der Waals surface area contributed by atoms with Crippen LogP contribution in [0.3, 0.4) is 0 Å². The van der Waals surface area contributed by atoms with Crippen LogP contribution in [0.15, 0.2) is 90.3 Å². The highest BCUT2D eigenvalue weighted by Crippen LogP contribution is 2.28. The third-order valence-corrected chi connectivity index (χ3v) is 4.89. The lowest BCUT2D eigenvalue weighted by Crippen LogP contribution is -2.31. The molecule has 7 nitrogen and oxygen atoms in total. The predicted octanol–water partition coefficient (Wildman–Crippen LogP) is 3.84. The average Bonchev–Trinajstić information content (AvgIpc) is 3.07. The van der Waals surface area contributed by atoms with Crippen LogP contribution in [0.2, 0.25) is 0 Å². The third-order valence-electron chi connectivity index (χ3n) is 4.89. The van der Waals surface area contributed by atoms with E-state index in [2.05, 4.69) is 0 Å². The molecule has 0 atom stereocenters. The van der Waals surface area contributed by atoms with E-state index >= 15 is 0 Å². The van der Waals surface area contributed by atoms with Crippen LogP contribution >= 0.6 is 0 Å². The van der Waals surface area contributed by atoms with Crippen molar-refractivity contribution in [3.8, 4) is 0 Å². The third kappa shape index (κ3) is 4.62. The molecule has 0 unspecified atom stereocenters. The smallest absolute Gasteiger partial charge is 0.355 e. The van der Waals surface area contributed by atoms with Gasteiger partial charge in [-0.25, -0.2) is 9.59 Å². The molecule has 1 aliphatic rings. The van der Waals surface area contributed by atoms with Crippen molar-refractivity contribution in [3.63, 3.8) is 0 Å². The molecule has 1 amide bonds. The molecule has 0 saturated carbocycles. The summed E-state index contributed by atoms with van der Waals surface area (Å²) < 4.78 is 9.76. The zero-order valence-corrected chi connectivity index (χ0v) is 18.1. The first-order valence-electron chi connectivity index (χ1n) is 10.0. The summed E-state index contributed by atoms with van der Waals surface area (Å²) in [5.74, 6) is -1.57. The molecule has 0 bridgehead atoms. The second kappa shape index (κ2) is 10.3. The van der Waals surface area contributed by atoms with Gasteiger partial charge in [0.2, 0.25) is 0 Å². The topological polar surface area (TPSA) is 76.2 Å². The summed E-state index contributed by atoms with van der Waals surface area (Å²) in [6.07, 6.45) is 6.41. The van der Waals surface area contributed by atoms with Gasteiger partial charge in [0.25, 0.3) is 5.91 Å². The number of methoxy groups -OCH3 is 2. The maximum Gasteiger partial charge on any atom is 0.355 e. The minimum Gasteiger partial charge on any atom is -0.465 e. The Kier molecular flexibility index (Phi) is 7.23. The van der Waals surface area contributed by atoms with Gasteiger partial charge in [-0.2, -0.15) is 0 Å². The predicted molar refractivity (Wildman–Crippen MR) is 122 cm³/mol. The molecule has 1 heterocycles. The van der Waals surface area contributed by atoms with Gasteiger partial charge < -0.3 is 19.3 Å². The van der Waals surface area contributed by atoms with E-state index < -0.39 is 11.9 Å². The number of carbonyl (C=O) groups is 3. The minimum absolute atomic E-state index is 0.00986. The van der Waals surface area contributed by atoms with Gasteiger partial charge in [0, 0.05) is 29.7 Å². The van der Waals surface area contributed by atoms with Crippen molar-refractivity contribution in [3.05, 3.63) is 95.9 Å². The molecule has 1 aliphatic heterocycles. The lowest BCUT2D eigenvalue weighted by molar-refractivity contribution is -0.139. The van der Waals surface area contributed by atoms with Crippen molar-refractivity contribution in [1.82, 2.24) is 0 Å². The van der Waals surface area contributed by atoms with Gasteiger partial charge in [-0.15, -0.1) is 0 Å². The molecular weight excluding hydrogens is 408 g/mol. The SMILES string of the molecule is CCN(C(=O)c1cccc(N2C=CC=CC(C(=O)OC)=C2C(=O)OC)c1)c1ccccc1. The molecule has 7 heteroatoms. The van der Waals surface area contributed by atoms with Crippen molar-refractivity contribution in [1.29, 1.82) is 0 Å².